The van der Waals surface area contributed by atoms with Gasteiger partial charge in [0, 0.05) is 29.9 Å². The van der Waals surface area contributed by atoms with E-state index in [0.29, 0.717) is 6.29 Å². The molecule has 0 amide bonds. The molecule has 0 unspecified atom stereocenters. The summed E-state index contributed by atoms with van der Waals surface area (Å²) < 4.78 is 5.05. The maximum absolute atomic E-state index is 11.1. The Bertz CT molecular complexity index is 679. The van der Waals surface area contributed by atoms with Gasteiger partial charge in [-0.3, -0.25) is 14.6 Å². The van der Waals surface area contributed by atoms with E-state index in [-0.39, 0.29) is 17.0 Å². The molecule has 5 heteroatoms. The van der Waals surface area contributed by atoms with Gasteiger partial charge >= 0.3 is 5.97 Å². The summed E-state index contributed by atoms with van der Waals surface area (Å²) in [6, 6.07) is 7.10. The molecule has 1 aromatic carbocycles. The summed E-state index contributed by atoms with van der Waals surface area (Å²) in [5.41, 5.74) is 8.77. The molecule has 2 rings (SSSR count). The first-order valence-corrected chi connectivity index (χ1v) is 6.57. The van der Waals surface area contributed by atoms with E-state index >= 15 is 0 Å². The summed E-state index contributed by atoms with van der Waals surface area (Å²) in [4.78, 5) is 26.5. The van der Waals surface area contributed by atoms with Crippen LogP contribution in [0.2, 0.25) is 0 Å². The topological polar surface area (TPSA) is 82.3 Å². The largest absolute Gasteiger partial charge is 0.424 e. The zero-order valence-corrected chi connectivity index (χ0v) is 11.9. The number of aromatic nitrogens is 1. The Morgan fingerprint density at radius 1 is 1.33 bits per heavy atom. The predicted molar refractivity (Wildman–Crippen MR) is 80.2 cm³/mol. The van der Waals surface area contributed by atoms with Crippen molar-refractivity contribution in [1.29, 1.82) is 0 Å². The number of carbonyl (C=O) groups excluding carboxylic acids is 2. The molecule has 2 N–H and O–H groups in total. The number of hydrogen-bond acceptors (Lipinski definition) is 5. The molecule has 0 radical (unpaired) electrons. The van der Waals surface area contributed by atoms with Crippen LogP contribution in [0.1, 0.15) is 29.9 Å². The number of aldehydes is 1. The molecular weight excluding hydrogens is 268 g/mol. The molecule has 0 spiro atoms. The Hall–Kier alpha value is -2.69. The molecule has 0 saturated heterocycles. The number of rotatable bonds is 4. The van der Waals surface area contributed by atoms with Crippen molar-refractivity contribution in [2.24, 2.45) is 0 Å². The van der Waals surface area contributed by atoms with Crippen molar-refractivity contribution in [2.75, 3.05) is 5.73 Å². The maximum atomic E-state index is 11.1. The fraction of sp³-hybridized carbons (Fsp3) is 0.188. The smallest absolute Gasteiger partial charge is 0.308 e. The normalized spacial score (nSPS) is 10.2. The summed E-state index contributed by atoms with van der Waals surface area (Å²) in [5.74, 6) is -0.308. The van der Waals surface area contributed by atoms with E-state index in [1.165, 1.54) is 6.92 Å². The summed E-state index contributed by atoms with van der Waals surface area (Å²) in [6.07, 6.45) is 3.20. The van der Waals surface area contributed by atoms with E-state index in [1.807, 2.05) is 19.1 Å². The quantitative estimate of drug-likeness (QED) is 0.404. The first kappa shape index (κ1) is 14.7. The number of aryl methyl sites for hydroxylation is 1. The molecule has 108 valence electrons. The molecular formula is C16H16N2O3. The van der Waals surface area contributed by atoms with Crippen molar-refractivity contribution in [1.82, 2.24) is 4.98 Å². The Morgan fingerprint density at radius 3 is 2.62 bits per heavy atom. The van der Waals surface area contributed by atoms with Gasteiger partial charge in [0.15, 0.2) is 12.0 Å². The second-order valence-corrected chi connectivity index (χ2v) is 4.58. The number of esters is 1. The first-order valence-electron chi connectivity index (χ1n) is 6.57. The first-order chi connectivity index (χ1) is 10.0. The highest BCUT2D eigenvalue weighted by Gasteiger charge is 2.12. The molecule has 5 nitrogen and oxygen atoms in total. The van der Waals surface area contributed by atoms with Crippen molar-refractivity contribution < 1.29 is 14.3 Å². The van der Waals surface area contributed by atoms with Crippen molar-refractivity contribution in [3.63, 3.8) is 0 Å². The summed E-state index contributed by atoms with van der Waals surface area (Å²) >= 11 is 0. The lowest BCUT2D eigenvalue weighted by molar-refractivity contribution is -0.131. The van der Waals surface area contributed by atoms with Crippen LogP contribution in [0.3, 0.4) is 0 Å². The SMILES string of the molecule is CCc1ccc(-c2cc(C=O)c(N)c(OC(C)=O)c2)cn1. The zero-order valence-electron chi connectivity index (χ0n) is 11.9. The molecule has 0 aliphatic rings. The number of nitrogens with two attached hydrogens (primary N) is 1. The number of pyridine rings is 1. The number of carbonyl (C=O) groups is 2. The number of hydrogen-bond donors (Lipinski definition) is 1. The van der Waals surface area contributed by atoms with Crippen LogP contribution >= 0.6 is 0 Å². The second kappa shape index (κ2) is 6.17. The molecule has 1 heterocycles. The Labute approximate surface area is 122 Å². The minimum atomic E-state index is -0.491. The van der Waals surface area contributed by atoms with E-state index < -0.39 is 5.97 Å². The Morgan fingerprint density at radius 2 is 2.10 bits per heavy atom. The minimum Gasteiger partial charge on any atom is -0.424 e. The van der Waals surface area contributed by atoms with Gasteiger partial charge in [0.1, 0.15) is 0 Å². The number of benzene rings is 1. The van der Waals surface area contributed by atoms with Gasteiger partial charge in [0.05, 0.1) is 5.69 Å². The third-order valence-corrected chi connectivity index (χ3v) is 3.08. The summed E-state index contributed by atoms with van der Waals surface area (Å²) in [5, 5.41) is 0. The highest BCUT2D eigenvalue weighted by atomic mass is 16.5. The van der Waals surface area contributed by atoms with Crippen molar-refractivity contribution >= 4 is 17.9 Å². The lowest BCUT2D eigenvalue weighted by atomic mass is 10.0. The molecule has 0 bridgehead atoms. The van der Waals surface area contributed by atoms with E-state index in [1.54, 1.807) is 18.3 Å². The van der Waals surface area contributed by atoms with Crippen LogP contribution in [0.15, 0.2) is 30.5 Å². The van der Waals surface area contributed by atoms with Gasteiger partial charge in [-0.25, -0.2) is 0 Å². The van der Waals surface area contributed by atoms with Crippen LogP contribution in [-0.2, 0) is 11.2 Å². The summed E-state index contributed by atoms with van der Waals surface area (Å²) in [7, 11) is 0. The van der Waals surface area contributed by atoms with Crippen LogP contribution in [0.25, 0.3) is 11.1 Å². The van der Waals surface area contributed by atoms with Crippen LogP contribution < -0.4 is 10.5 Å². The molecule has 1 aromatic heterocycles. The second-order valence-electron chi connectivity index (χ2n) is 4.58. The number of nitrogen functional groups attached to an aromatic ring is 1. The third-order valence-electron chi connectivity index (χ3n) is 3.08. The summed E-state index contributed by atoms with van der Waals surface area (Å²) in [6.45, 7) is 3.30. The maximum Gasteiger partial charge on any atom is 0.308 e. The molecule has 0 atom stereocenters. The predicted octanol–water partition coefficient (Wildman–Crippen LogP) is 2.63. The minimum absolute atomic E-state index is 0.155. The van der Waals surface area contributed by atoms with Gasteiger partial charge in [0.25, 0.3) is 0 Å². The number of ether oxygens (including phenoxy) is 1. The van der Waals surface area contributed by atoms with Gasteiger partial charge in [0.2, 0.25) is 0 Å². The van der Waals surface area contributed by atoms with Crippen LogP contribution in [0.5, 0.6) is 5.75 Å². The van der Waals surface area contributed by atoms with E-state index in [2.05, 4.69) is 4.98 Å². The van der Waals surface area contributed by atoms with Crippen molar-refractivity contribution in [2.45, 2.75) is 20.3 Å². The Kier molecular flexibility index (Phi) is 4.33. The lowest BCUT2D eigenvalue weighted by Crippen LogP contribution is -2.06. The molecule has 0 saturated carbocycles. The molecule has 21 heavy (non-hydrogen) atoms. The van der Waals surface area contributed by atoms with Gasteiger partial charge < -0.3 is 10.5 Å². The fourth-order valence-corrected chi connectivity index (χ4v) is 1.96. The molecule has 0 fully saturated rings. The van der Waals surface area contributed by atoms with Crippen LogP contribution in [0.4, 0.5) is 5.69 Å². The van der Waals surface area contributed by atoms with E-state index in [9.17, 15) is 9.59 Å². The van der Waals surface area contributed by atoms with Gasteiger partial charge in [-0.15, -0.1) is 0 Å². The zero-order chi connectivity index (χ0) is 15.4. The monoisotopic (exact) mass is 284 g/mol. The average Bonchev–Trinajstić information content (AvgIpc) is 2.49. The molecule has 0 aliphatic carbocycles. The van der Waals surface area contributed by atoms with E-state index in [0.717, 1.165) is 23.2 Å². The van der Waals surface area contributed by atoms with Gasteiger partial charge in [-0.2, -0.15) is 0 Å². The van der Waals surface area contributed by atoms with E-state index in [4.69, 9.17) is 10.5 Å². The third kappa shape index (κ3) is 3.25. The van der Waals surface area contributed by atoms with Crippen molar-refractivity contribution in [3.05, 3.63) is 41.7 Å². The number of anilines is 1. The number of nitrogens with zero attached hydrogens (tertiary/aromatic N) is 1. The van der Waals surface area contributed by atoms with Gasteiger partial charge in [-0.05, 0) is 30.2 Å². The lowest BCUT2D eigenvalue weighted by Gasteiger charge is -2.11. The fourth-order valence-electron chi connectivity index (χ4n) is 1.96. The highest BCUT2D eigenvalue weighted by Crippen LogP contribution is 2.32. The standard InChI is InChI=1S/C16H16N2O3/c1-3-14-5-4-11(8-18-14)12-6-13(9-19)16(17)15(7-12)21-10(2)20/h4-9H,3,17H2,1-2H3. The average molecular weight is 284 g/mol. The molecule has 0 aliphatic heterocycles. The van der Waals surface area contributed by atoms with Crippen LogP contribution in [0, 0.1) is 0 Å². The highest BCUT2D eigenvalue weighted by molar-refractivity contribution is 5.90. The Balaban J connectivity index is 2.51. The van der Waals surface area contributed by atoms with Crippen molar-refractivity contribution in [3.8, 4) is 16.9 Å². The van der Waals surface area contributed by atoms with Crippen LogP contribution in [-0.4, -0.2) is 17.2 Å². The van der Waals surface area contributed by atoms with Gasteiger partial charge in [-0.1, -0.05) is 13.0 Å². The molecule has 2 aromatic rings.